The number of carbonyl (C=O) groups is 1. The fourth-order valence-electron chi connectivity index (χ4n) is 2.26. The summed E-state index contributed by atoms with van der Waals surface area (Å²) in [4.78, 5) is 11.6. The van der Waals surface area contributed by atoms with Crippen LogP contribution in [0.5, 0.6) is 0 Å². The SMILES string of the molecule is CCOC(=O)c1ccc(/C(=C/c2cccc(C(F)(F)F)c2)CO)cc1. The number of ether oxygens (including phenoxy) is 1. The third-order valence-corrected chi connectivity index (χ3v) is 3.49. The van der Waals surface area contributed by atoms with Crippen LogP contribution in [-0.2, 0) is 10.9 Å². The summed E-state index contributed by atoms with van der Waals surface area (Å²) in [6, 6.07) is 11.2. The summed E-state index contributed by atoms with van der Waals surface area (Å²) in [5, 5.41) is 9.55. The molecule has 0 unspecified atom stereocenters. The van der Waals surface area contributed by atoms with Crippen LogP contribution in [0, 0.1) is 0 Å². The van der Waals surface area contributed by atoms with E-state index in [1.165, 1.54) is 18.2 Å². The molecule has 0 radical (unpaired) electrons. The summed E-state index contributed by atoms with van der Waals surface area (Å²) < 4.78 is 43.2. The van der Waals surface area contributed by atoms with Crippen LogP contribution in [0.3, 0.4) is 0 Å². The Morgan fingerprint density at radius 2 is 1.76 bits per heavy atom. The highest BCUT2D eigenvalue weighted by molar-refractivity contribution is 5.90. The number of aliphatic hydroxyl groups is 1. The van der Waals surface area contributed by atoms with Gasteiger partial charge in [0.1, 0.15) is 0 Å². The molecule has 2 aromatic carbocycles. The van der Waals surface area contributed by atoms with Gasteiger partial charge < -0.3 is 9.84 Å². The van der Waals surface area contributed by atoms with Crippen LogP contribution in [0.15, 0.2) is 48.5 Å². The number of aliphatic hydroxyl groups excluding tert-OH is 1. The zero-order valence-electron chi connectivity index (χ0n) is 13.5. The van der Waals surface area contributed by atoms with Crippen molar-refractivity contribution in [3.05, 3.63) is 70.8 Å². The Morgan fingerprint density at radius 3 is 2.32 bits per heavy atom. The molecule has 2 rings (SSSR count). The van der Waals surface area contributed by atoms with Gasteiger partial charge in [-0.25, -0.2) is 4.79 Å². The predicted molar refractivity (Wildman–Crippen MR) is 88.8 cm³/mol. The van der Waals surface area contributed by atoms with E-state index >= 15 is 0 Å². The summed E-state index contributed by atoms with van der Waals surface area (Å²) in [7, 11) is 0. The van der Waals surface area contributed by atoms with E-state index in [1.54, 1.807) is 31.2 Å². The van der Waals surface area contributed by atoms with Gasteiger partial charge in [-0.05, 0) is 54.0 Å². The normalized spacial score (nSPS) is 12.1. The molecule has 1 N–H and O–H groups in total. The highest BCUT2D eigenvalue weighted by Crippen LogP contribution is 2.30. The van der Waals surface area contributed by atoms with E-state index in [9.17, 15) is 23.1 Å². The first-order chi connectivity index (χ1) is 11.8. The number of halogens is 3. The van der Waals surface area contributed by atoms with E-state index < -0.39 is 17.7 Å². The van der Waals surface area contributed by atoms with Crippen LogP contribution in [0.1, 0.15) is 34.0 Å². The molecule has 0 aliphatic heterocycles. The number of alkyl halides is 3. The third-order valence-electron chi connectivity index (χ3n) is 3.49. The molecule has 25 heavy (non-hydrogen) atoms. The Hall–Kier alpha value is -2.60. The van der Waals surface area contributed by atoms with Crippen molar-refractivity contribution in [2.24, 2.45) is 0 Å². The number of rotatable bonds is 5. The van der Waals surface area contributed by atoms with Crippen LogP contribution in [0.25, 0.3) is 11.6 Å². The van der Waals surface area contributed by atoms with Gasteiger partial charge in [-0.1, -0.05) is 24.3 Å². The quantitative estimate of drug-likeness (QED) is 0.642. The zero-order valence-corrected chi connectivity index (χ0v) is 13.5. The van der Waals surface area contributed by atoms with Crippen LogP contribution < -0.4 is 0 Å². The minimum atomic E-state index is -4.43. The number of carbonyl (C=O) groups excluding carboxylic acids is 1. The largest absolute Gasteiger partial charge is 0.462 e. The Labute approximate surface area is 143 Å². The first-order valence-corrected chi connectivity index (χ1v) is 7.61. The molecule has 0 spiro atoms. The Kier molecular flexibility index (Phi) is 5.98. The van der Waals surface area contributed by atoms with Crippen molar-refractivity contribution < 1.29 is 27.8 Å². The van der Waals surface area contributed by atoms with E-state index in [1.807, 2.05) is 0 Å². The summed E-state index contributed by atoms with van der Waals surface area (Å²) in [6.45, 7) is 1.61. The average Bonchev–Trinajstić information content (AvgIpc) is 2.59. The molecule has 0 saturated heterocycles. The fraction of sp³-hybridized carbons (Fsp3) is 0.211. The lowest BCUT2D eigenvalue weighted by molar-refractivity contribution is -0.137. The Balaban J connectivity index is 2.30. The minimum absolute atomic E-state index is 0.262. The van der Waals surface area contributed by atoms with Crippen molar-refractivity contribution >= 4 is 17.6 Å². The predicted octanol–water partition coefficient (Wildman–Crippen LogP) is 4.42. The van der Waals surface area contributed by atoms with Crippen molar-refractivity contribution in [1.82, 2.24) is 0 Å². The molecule has 6 heteroatoms. The number of benzene rings is 2. The van der Waals surface area contributed by atoms with E-state index in [2.05, 4.69) is 0 Å². The molecule has 0 fully saturated rings. The molecule has 3 nitrogen and oxygen atoms in total. The summed E-state index contributed by atoms with van der Waals surface area (Å²) in [6.07, 6.45) is -2.95. The molecule has 0 amide bonds. The second-order valence-electron chi connectivity index (χ2n) is 5.25. The lowest BCUT2D eigenvalue weighted by atomic mass is 10.0. The molecular formula is C19H17F3O3. The number of hydrogen-bond donors (Lipinski definition) is 1. The van der Waals surface area contributed by atoms with Crippen LogP contribution >= 0.6 is 0 Å². The molecule has 0 aromatic heterocycles. The lowest BCUT2D eigenvalue weighted by Gasteiger charge is -2.09. The van der Waals surface area contributed by atoms with Gasteiger partial charge >= 0.3 is 12.1 Å². The van der Waals surface area contributed by atoms with Gasteiger partial charge in [0.15, 0.2) is 0 Å². The Morgan fingerprint density at radius 1 is 1.12 bits per heavy atom. The smallest absolute Gasteiger partial charge is 0.416 e. The van der Waals surface area contributed by atoms with E-state index in [0.29, 0.717) is 22.3 Å². The van der Waals surface area contributed by atoms with Gasteiger partial charge in [0.2, 0.25) is 0 Å². The highest BCUT2D eigenvalue weighted by atomic mass is 19.4. The molecule has 132 valence electrons. The molecule has 2 aromatic rings. The molecule has 0 saturated carbocycles. The molecule has 0 atom stereocenters. The van der Waals surface area contributed by atoms with Gasteiger partial charge in [0, 0.05) is 0 Å². The maximum atomic E-state index is 12.8. The van der Waals surface area contributed by atoms with Crippen LogP contribution in [0.2, 0.25) is 0 Å². The molecule has 0 aliphatic carbocycles. The number of esters is 1. The maximum absolute atomic E-state index is 12.8. The summed E-state index contributed by atoms with van der Waals surface area (Å²) >= 11 is 0. The molecular weight excluding hydrogens is 333 g/mol. The van der Waals surface area contributed by atoms with E-state index in [4.69, 9.17) is 4.74 Å². The molecule has 0 bridgehead atoms. The van der Waals surface area contributed by atoms with Gasteiger partial charge in [0.05, 0.1) is 24.3 Å². The van der Waals surface area contributed by atoms with Crippen molar-refractivity contribution in [3.63, 3.8) is 0 Å². The van der Waals surface area contributed by atoms with Crippen molar-refractivity contribution in [2.45, 2.75) is 13.1 Å². The topological polar surface area (TPSA) is 46.5 Å². The number of hydrogen-bond acceptors (Lipinski definition) is 3. The highest BCUT2D eigenvalue weighted by Gasteiger charge is 2.30. The van der Waals surface area contributed by atoms with E-state index in [0.717, 1.165) is 12.1 Å². The standard InChI is InChI=1S/C19H17F3O3/c1-2-25-18(24)15-8-6-14(7-9-15)16(12-23)10-13-4-3-5-17(11-13)19(20,21)22/h3-11,23H,2,12H2,1H3/b16-10+. The zero-order chi connectivity index (χ0) is 18.4. The fourth-order valence-corrected chi connectivity index (χ4v) is 2.26. The van der Waals surface area contributed by atoms with Gasteiger partial charge in [-0.15, -0.1) is 0 Å². The first-order valence-electron chi connectivity index (χ1n) is 7.61. The van der Waals surface area contributed by atoms with Crippen molar-refractivity contribution in [1.29, 1.82) is 0 Å². The monoisotopic (exact) mass is 350 g/mol. The third kappa shape index (κ3) is 4.93. The minimum Gasteiger partial charge on any atom is -0.462 e. The maximum Gasteiger partial charge on any atom is 0.416 e. The van der Waals surface area contributed by atoms with Crippen molar-refractivity contribution in [3.8, 4) is 0 Å². The average molecular weight is 350 g/mol. The second-order valence-corrected chi connectivity index (χ2v) is 5.25. The summed E-state index contributed by atoms with van der Waals surface area (Å²) in [5.74, 6) is -0.457. The van der Waals surface area contributed by atoms with Gasteiger partial charge in [-0.3, -0.25) is 0 Å². The Bertz CT molecular complexity index is 762. The van der Waals surface area contributed by atoms with Gasteiger partial charge in [-0.2, -0.15) is 13.2 Å². The molecule has 0 aliphatic rings. The summed E-state index contributed by atoms with van der Waals surface area (Å²) in [5.41, 5.74) is 0.981. The van der Waals surface area contributed by atoms with Crippen LogP contribution in [-0.4, -0.2) is 24.3 Å². The lowest BCUT2D eigenvalue weighted by Crippen LogP contribution is -2.05. The molecule has 0 heterocycles. The van der Waals surface area contributed by atoms with E-state index in [-0.39, 0.29) is 13.2 Å². The van der Waals surface area contributed by atoms with Crippen molar-refractivity contribution in [2.75, 3.05) is 13.2 Å². The first kappa shape index (κ1) is 18.7. The van der Waals surface area contributed by atoms with Gasteiger partial charge in [0.25, 0.3) is 0 Å². The second kappa shape index (κ2) is 7.98. The van der Waals surface area contributed by atoms with Crippen LogP contribution in [0.4, 0.5) is 13.2 Å².